The van der Waals surface area contributed by atoms with Gasteiger partial charge in [0.2, 0.25) is 5.91 Å². The number of amides is 2. The summed E-state index contributed by atoms with van der Waals surface area (Å²) in [6.45, 7) is 4.97. The quantitative estimate of drug-likeness (QED) is 0.444. The molecule has 4 N–H and O–H groups in total. The maximum atomic E-state index is 12.9. The number of phenols is 1. The van der Waals surface area contributed by atoms with Crippen LogP contribution in [0.1, 0.15) is 45.5 Å². The van der Waals surface area contributed by atoms with E-state index < -0.39 is 34.9 Å². The summed E-state index contributed by atoms with van der Waals surface area (Å²) in [7, 11) is 0. The third kappa shape index (κ3) is 5.03. The third-order valence-electron chi connectivity index (χ3n) is 6.17. The van der Waals surface area contributed by atoms with Crippen LogP contribution in [-0.2, 0) is 16.0 Å². The molecule has 2 unspecified atom stereocenters. The van der Waals surface area contributed by atoms with Gasteiger partial charge in [0, 0.05) is 24.1 Å². The first-order valence-electron chi connectivity index (χ1n) is 11.0. The molecule has 0 aliphatic carbocycles. The van der Waals surface area contributed by atoms with Crippen LogP contribution >= 0.6 is 11.6 Å². The molecule has 2 aromatic rings. The molecule has 0 saturated carbocycles. The number of nitrogens with zero attached hydrogens (tertiary/aromatic N) is 1. The highest BCUT2D eigenvalue weighted by Gasteiger charge is 2.60. The Balaban J connectivity index is 1.76. The van der Waals surface area contributed by atoms with Crippen molar-refractivity contribution < 1.29 is 29.7 Å². The highest BCUT2D eigenvalue weighted by atomic mass is 35.5. The Morgan fingerprint density at radius 2 is 1.85 bits per heavy atom. The number of alkyl halides is 1. The van der Waals surface area contributed by atoms with Crippen LogP contribution in [0.5, 0.6) is 5.75 Å². The zero-order chi connectivity index (χ0) is 25.2. The van der Waals surface area contributed by atoms with Crippen LogP contribution in [0.2, 0.25) is 0 Å². The number of phenolic OH excluding ortho intramolecular Hbond substituents is 1. The highest BCUT2D eigenvalue weighted by Crippen LogP contribution is 2.33. The van der Waals surface area contributed by atoms with E-state index in [1.54, 1.807) is 13.8 Å². The molecule has 0 aromatic heterocycles. The van der Waals surface area contributed by atoms with E-state index in [1.807, 2.05) is 31.2 Å². The number of aliphatic carboxylic acids is 1. The average molecular weight is 489 g/mol. The van der Waals surface area contributed by atoms with Gasteiger partial charge < -0.3 is 25.5 Å². The van der Waals surface area contributed by atoms with Crippen LogP contribution in [-0.4, -0.2) is 61.7 Å². The molecule has 0 spiro atoms. The topological polar surface area (TPSA) is 127 Å². The van der Waals surface area contributed by atoms with Crippen molar-refractivity contribution in [3.8, 4) is 5.75 Å². The number of hydrogen-bond donors (Lipinski definition) is 4. The molecule has 1 saturated heterocycles. The number of carboxylic acid groups (broad SMARTS) is 1. The van der Waals surface area contributed by atoms with Crippen LogP contribution in [0.15, 0.2) is 36.4 Å². The molecule has 1 aliphatic heterocycles. The summed E-state index contributed by atoms with van der Waals surface area (Å²) >= 11 is 6.35. The minimum Gasteiger partial charge on any atom is -0.508 e. The van der Waals surface area contributed by atoms with E-state index in [1.165, 1.54) is 12.1 Å². The van der Waals surface area contributed by atoms with Crippen molar-refractivity contribution in [3.05, 3.63) is 64.2 Å². The lowest BCUT2D eigenvalue weighted by Crippen LogP contribution is -2.63. The molecule has 1 aliphatic rings. The maximum Gasteiger partial charge on any atom is 0.359 e. The van der Waals surface area contributed by atoms with E-state index in [9.17, 15) is 29.7 Å². The van der Waals surface area contributed by atoms with Gasteiger partial charge in [-0.2, -0.15) is 0 Å². The van der Waals surface area contributed by atoms with E-state index in [4.69, 9.17) is 11.6 Å². The van der Waals surface area contributed by atoms with Gasteiger partial charge in [-0.25, -0.2) is 4.79 Å². The molecule has 0 radical (unpaired) electrons. The minimum absolute atomic E-state index is 0.0126. The molecule has 0 bridgehead atoms. The van der Waals surface area contributed by atoms with E-state index in [0.29, 0.717) is 24.0 Å². The Kier molecular flexibility index (Phi) is 7.53. The van der Waals surface area contributed by atoms with Crippen molar-refractivity contribution in [3.63, 3.8) is 0 Å². The number of carbonyl (C=O) groups is 3. The summed E-state index contributed by atoms with van der Waals surface area (Å²) < 4.78 is 0. The van der Waals surface area contributed by atoms with Crippen LogP contribution in [0.4, 0.5) is 0 Å². The number of rotatable bonds is 7. The van der Waals surface area contributed by atoms with Crippen LogP contribution in [0.3, 0.4) is 0 Å². The van der Waals surface area contributed by atoms with Crippen molar-refractivity contribution in [1.82, 2.24) is 10.2 Å². The number of carboxylic acids is 1. The second-order valence-corrected chi connectivity index (χ2v) is 9.36. The molecule has 1 heterocycles. The molecule has 2 amide bonds. The summed E-state index contributed by atoms with van der Waals surface area (Å²) in [6, 6.07) is 9.44. The number of benzene rings is 2. The fourth-order valence-corrected chi connectivity index (χ4v) is 4.69. The van der Waals surface area contributed by atoms with E-state index in [0.717, 1.165) is 16.0 Å². The van der Waals surface area contributed by atoms with Gasteiger partial charge in [0.15, 0.2) is 0 Å². The lowest BCUT2D eigenvalue weighted by molar-refractivity contribution is -0.185. The molecular weight excluding hydrogens is 460 g/mol. The van der Waals surface area contributed by atoms with Crippen molar-refractivity contribution in [1.29, 1.82) is 0 Å². The second kappa shape index (κ2) is 10.0. The van der Waals surface area contributed by atoms with Crippen molar-refractivity contribution >= 4 is 29.4 Å². The summed E-state index contributed by atoms with van der Waals surface area (Å²) in [5.74, 6) is -3.04. The first-order valence-corrected chi connectivity index (χ1v) is 11.5. The Morgan fingerprint density at radius 1 is 1.15 bits per heavy atom. The molecular formula is C25H29ClN2O6. The highest BCUT2D eigenvalue weighted by molar-refractivity contribution is 6.22. The zero-order valence-electron chi connectivity index (χ0n) is 19.3. The largest absolute Gasteiger partial charge is 0.508 e. The number of aliphatic hydroxyl groups is 1. The molecule has 34 heavy (non-hydrogen) atoms. The average Bonchev–Trinajstić information content (AvgIpc) is 3.02. The van der Waals surface area contributed by atoms with Crippen LogP contribution in [0, 0.1) is 20.8 Å². The first kappa shape index (κ1) is 25.5. The Labute approximate surface area is 203 Å². The number of carbonyl (C=O) groups excluding carboxylic acids is 2. The summed E-state index contributed by atoms with van der Waals surface area (Å²) in [6.07, 6.45) is 1.09. The van der Waals surface area contributed by atoms with Gasteiger partial charge in [0.25, 0.3) is 11.6 Å². The maximum absolute atomic E-state index is 12.9. The number of aromatic hydroxyl groups is 1. The lowest BCUT2D eigenvalue weighted by atomic mass is 10.0. The summed E-state index contributed by atoms with van der Waals surface area (Å²) in [5.41, 5.74) is 0.500. The smallest absolute Gasteiger partial charge is 0.359 e. The second-order valence-electron chi connectivity index (χ2n) is 8.80. The van der Waals surface area contributed by atoms with E-state index in [-0.39, 0.29) is 24.3 Å². The van der Waals surface area contributed by atoms with Crippen molar-refractivity contribution in [2.24, 2.45) is 0 Å². The molecule has 3 rings (SSSR count). The predicted octanol–water partition coefficient (Wildman–Crippen LogP) is 2.66. The minimum atomic E-state index is -2.71. The number of halogens is 1. The van der Waals surface area contributed by atoms with Gasteiger partial charge >= 0.3 is 5.97 Å². The molecule has 8 nitrogen and oxygen atoms in total. The van der Waals surface area contributed by atoms with Crippen molar-refractivity contribution in [2.45, 2.75) is 57.2 Å². The lowest BCUT2D eigenvalue weighted by Gasteiger charge is -2.34. The fraction of sp³-hybridized carbons (Fsp3) is 0.400. The monoisotopic (exact) mass is 488 g/mol. The summed E-state index contributed by atoms with van der Waals surface area (Å²) in [4.78, 5) is 38.8. The summed E-state index contributed by atoms with van der Waals surface area (Å²) in [5, 5.41) is 32.4. The standard InChI is InChI=1S/C25H29ClN2O6/c1-14-6-4-7-17(10-14)8-5-9-21(30)28-13-19(26)22(25(28,34)24(32)33)27-23(31)18-11-15(2)12-20(29)16(18)3/h4,6-7,10-12,19,22,29,34H,5,8-9,13H2,1-3H3,(H,27,31)(H,32,33)/t19?,22?,25-/m1/s1. The SMILES string of the molecule is Cc1cccc(CCCC(=O)N2CC(Cl)C(NC(=O)c3cc(C)cc(O)c3C)[C@@]2(O)C(=O)O)c1. The number of aryl methyl sites for hydroxylation is 3. The number of nitrogens with one attached hydrogen (secondary N) is 1. The van der Waals surface area contributed by atoms with Gasteiger partial charge in [0.1, 0.15) is 11.8 Å². The van der Waals surface area contributed by atoms with Gasteiger partial charge in [-0.3, -0.25) is 9.59 Å². The first-order chi connectivity index (χ1) is 15.9. The predicted molar refractivity (Wildman–Crippen MR) is 127 cm³/mol. The van der Waals surface area contributed by atoms with Gasteiger partial charge in [0.05, 0.1) is 5.38 Å². The molecule has 182 valence electrons. The molecule has 1 fully saturated rings. The Morgan fingerprint density at radius 3 is 2.50 bits per heavy atom. The van der Waals surface area contributed by atoms with Crippen molar-refractivity contribution in [2.75, 3.05) is 6.54 Å². The van der Waals surface area contributed by atoms with Crippen LogP contribution < -0.4 is 5.32 Å². The fourth-order valence-electron chi connectivity index (χ4n) is 4.31. The normalized spacial score (nSPS) is 22.0. The van der Waals surface area contributed by atoms with Crippen LogP contribution in [0.25, 0.3) is 0 Å². The zero-order valence-corrected chi connectivity index (χ0v) is 20.1. The Bertz CT molecular complexity index is 1120. The van der Waals surface area contributed by atoms with E-state index >= 15 is 0 Å². The van der Waals surface area contributed by atoms with Gasteiger partial charge in [-0.15, -0.1) is 11.6 Å². The molecule has 3 atom stereocenters. The Hall–Kier alpha value is -3.10. The number of hydrogen-bond acceptors (Lipinski definition) is 5. The van der Waals surface area contributed by atoms with E-state index in [2.05, 4.69) is 5.32 Å². The molecule has 9 heteroatoms. The third-order valence-corrected chi connectivity index (χ3v) is 6.56. The number of likely N-dealkylation sites (tertiary alicyclic amines) is 1. The van der Waals surface area contributed by atoms with Gasteiger partial charge in [-0.05, 0) is 56.9 Å². The van der Waals surface area contributed by atoms with Gasteiger partial charge in [-0.1, -0.05) is 29.8 Å². The molecule has 2 aromatic carbocycles.